The normalized spacial score (nSPS) is 46.1. The molecule has 4 rings (SSSR count). The van der Waals surface area contributed by atoms with Crippen LogP contribution in [0.4, 0.5) is 0 Å². The molecular formula is C25H36O6. The lowest BCUT2D eigenvalue weighted by Crippen LogP contribution is -2.60. The topological polar surface area (TPSA) is 89.9 Å². The van der Waals surface area contributed by atoms with Gasteiger partial charge in [-0.15, -0.1) is 0 Å². The second-order valence-electron chi connectivity index (χ2n) is 10.8. The van der Waals surface area contributed by atoms with E-state index in [2.05, 4.69) is 13.0 Å². The van der Waals surface area contributed by atoms with Gasteiger partial charge in [-0.25, -0.2) is 0 Å². The summed E-state index contributed by atoms with van der Waals surface area (Å²) in [5.74, 6) is -0.0691. The van der Waals surface area contributed by atoms with Crippen LogP contribution in [-0.4, -0.2) is 40.6 Å². The van der Waals surface area contributed by atoms with Crippen molar-refractivity contribution in [2.24, 2.45) is 28.6 Å². The number of rotatable bonds is 3. The molecule has 6 nitrogen and oxygen atoms in total. The Balaban J connectivity index is 1.65. The fourth-order valence-electron chi connectivity index (χ4n) is 7.92. The summed E-state index contributed by atoms with van der Waals surface area (Å²) < 4.78 is 11.0. The molecule has 8 atom stereocenters. The molecule has 0 saturated heterocycles. The van der Waals surface area contributed by atoms with E-state index in [1.54, 1.807) is 0 Å². The molecule has 0 aliphatic heterocycles. The number of carbonyl (C=O) groups excluding carboxylic acids is 3. The molecule has 0 amide bonds. The molecule has 172 valence electrons. The van der Waals surface area contributed by atoms with Gasteiger partial charge in [-0.1, -0.05) is 25.5 Å². The van der Waals surface area contributed by atoms with Crippen molar-refractivity contribution in [2.45, 2.75) is 97.4 Å². The van der Waals surface area contributed by atoms with E-state index in [9.17, 15) is 19.5 Å². The molecule has 0 heterocycles. The van der Waals surface area contributed by atoms with Crippen LogP contribution >= 0.6 is 0 Å². The minimum atomic E-state index is -1.63. The average molecular weight is 433 g/mol. The Morgan fingerprint density at radius 1 is 1.00 bits per heavy atom. The van der Waals surface area contributed by atoms with Crippen LogP contribution < -0.4 is 0 Å². The van der Waals surface area contributed by atoms with Gasteiger partial charge in [-0.05, 0) is 68.6 Å². The van der Waals surface area contributed by atoms with Gasteiger partial charge in [0.25, 0.3) is 0 Å². The summed E-state index contributed by atoms with van der Waals surface area (Å²) in [5, 5.41) is 11.6. The van der Waals surface area contributed by atoms with Crippen LogP contribution in [0, 0.1) is 28.6 Å². The first-order chi connectivity index (χ1) is 14.4. The SMILES string of the molecule is CC(=O)OC1CCC2(C)C(=CCC3C2CCC2(C)C3CC(OC(C)=O)C2(O)C(C)=O)C1. The molecule has 0 spiro atoms. The second-order valence-corrected chi connectivity index (χ2v) is 10.8. The van der Waals surface area contributed by atoms with E-state index in [4.69, 9.17) is 9.47 Å². The molecule has 31 heavy (non-hydrogen) atoms. The highest BCUT2D eigenvalue weighted by atomic mass is 16.6. The first-order valence-electron chi connectivity index (χ1n) is 11.7. The molecular weight excluding hydrogens is 396 g/mol. The number of ether oxygens (including phenoxy) is 2. The lowest BCUT2D eigenvalue weighted by atomic mass is 9.46. The number of fused-ring (bicyclic) bond motifs is 5. The maximum absolute atomic E-state index is 12.7. The summed E-state index contributed by atoms with van der Waals surface area (Å²) in [6.07, 6.45) is 7.25. The van der Waals surface area contributed by atoms with Crippen molar-refractivity contribution in [1.82, 2.24) is 0 Å². The molecule has 4 aliphatic rings. The van der Waals surface area contributed by atoms with Gasteiger partial charge in [0.15, 0.2) is 11.4 Å². The molecule has 0 aromatic heterocycles. The van der Waals surface area contributed by atoms with Crippen molar-refractivity contribution in [3.8, 4) is 0 Å². The van der Waals surface area contributed by atoms with Crippen LogP contribution in [0.5, 0.6) is 0 Å². The number of esters is 2. The van der Waals surface area contributed by atoms with E-state index in [-0.39, 0.29) is 29.2 Å². The fourth-order valence-corrected chi connectivity index (χ4v) is 7.92. The van der Waals surface area contributed by atoms with E-state index in [0.29, 0.717) is 18.3 Å². The van der Waals surface area contributed by atoms with Crippen molar-refractivity contribution in [3.63, 3.8) is 0 Å². The number of hydrogen-bond donors (Lipinski definition) is 1. The van der Waals surface area contributed by atoms with E-state index in [1.165, 1.54) is 26.3 Å². The van der Waals surface area contributed by atoms with Crippen LogP contribution in [0.2, 0.25) is 0 Å². The van der Waals surface area contributed by atoms with Gasteiger partial charge in [0, 0.05) is 25.7 Å². The highest BCUT2D eigenvalue weighted by molar-refractivity contribution is 5.87. The van der Waals surface area contributed by atoms with Gasteiger partial charge in [-0.2, -0.15) is 0 Å². The van der Waals surface area contributed by atoms with Gasteiger partial charge in [0.2, 0.25) is 0 Å². The molecule has 3 fully saturated rings. The van der Waals surface area contributed by atoms with Crippen molar-refractivity contribution in [1.29, 1.82) is 0 Å². The third-order valence-corrected chi connectivity index (χ3v) is 9.43. The number of aliphatic hydroxyl groups is 1. The van der Waals surface area contributed by atoms with Crippen LogP contribution in [-0.2, 0) is 23.9 Å². The standard InChI is InChI=1S/C25H36O6/c1-14(26)25(29)22(31-16(3)28)13-21-19-7-6-17-12-18(30-15(2)27)8-10-23(17,4)20(19)9-11-24(21,25)5/h6,18-22,29H,7-13H2,1-5H3. The van der Waals surface area contributed by atoms with E-state index >= 15 is 0 Å². The van der Waals surface area contributed by atoms with Crippen molar-refractivity contribution in [3.05, 3.63) is 11.6 Å². The van der Waals surface area contributed by atoms with Gasteiger partial charge in [0.05, 0.1) is 0 Å². The smallest absolute Gasteiger partial charge is 0.303 e. The average Bonchev–Trinajstić information content (AvgIpc) is 2.90. The second kappa shape index (κ2) is 7.43. The largest absolute Gasteiger partial charge is 0.462 e. The summed E-state index contributed by atoms with van der Waals surface area (Å²) in [4.78, 5) is 35.9. The minimum absolute atomic E-state index is 0.0372. The molecule has 3 saturated carbocycles. The van der Waals surface area contributed by atoms with E-state index in [1.807, 2.05) is 6.92 Å². The van der Waals surface area contributed by atoms with Crippen molar-refractivity contribution >= 4 is 17.7 Å². The lowest BCUT2D eigenvalue weighted by molar-refractivity contribution is -0.184. The van der Waals surface area contributed by atoms with E-state index < -0.39 is 23.1 Å². The van der Waals surface area contributed by atoms with Crippen LogP contribution in [0.3, 0.4) is 0 Å². The highest BCUT2D eigenvalue weighted by Gasteiger charge is 2.70. The fraction of sp³-hybridized carbons (Fsp3) is 0.800. The third-order valence-electron chi connectivity index (χ3n) is 9.43. The highest BCUT2D eigenvalue weighted by Crippen LogP contribution is 2.67. The first-order valence-corrected chi connectivity index (χ1v) is 11.7. The zero-order valence-corrected chi connectivity index (χ0v) is 19.4. The van der Waals surface area contributed by atoms with Gasteiger partial charge < -0.3 is 14.6 Å². The number of Topliss-reactive ketones (excluding diaryl/α,β-unsaturated/α-hetero) is 1. The maximum Gasteiger partial charge on any atom is 0.303 e. The molecule has 0 radical (unpaired) electrons. The number of carbonyl (C=O) groups is 3. The molecule has 0 aromatic carbocycles. The molecule has 1 N–H and O–H groups in total. The summed E-state index contributed by atoms with van der Waals surface area (Å²) in [6, 6.07) is 0. The molecule has 8 unspecified atom stereocenters. The van der Waals surface area contributed by atoms with Gasteiger partial charge in [-0.3, -0.25) is 14.4 Å². The summed E-state index contributed by atoms with van der Waals surface area (Å²) >= 11 is 0. The number of ketones is 1. The van der Waals surface area contributed by atoms with Gasteiger partial charge in [0.1, 0.15) is 12.2 Å². The Hall–Kier alpha value is -1.69. The van der Waals surface area contributed by atoms with E-state index in [0.717, 1.165) is 38.5 Å². The van der Waals surface area contributed by atoms with Crippen LogP contribution in [0.25, 0.3) is 0 Å². The molecule has 0 bridgehead atoms. The Bertz CT molecular complexity index is 832. The Morgan fingerprint density at radius 3 is 2.29 bits per heavy atom. The number of allylic oxidation sites excluding steroid dienone is 1. The summed E-state index contributed by atoms with van der Waals surface area (Å²) in [5.41, 5.74) is -0.788. The van der Waals surface area contributed by atoms with Crippen LogP contribution in [0.1, 0.15) is 79.6 Å². The minimum Gasteiger partial charge on any atom is -0.462 e. The maximum atomic E-state index is 12.7. The molecule has 4 aliphatic carbocycles. The number of hydrogen-bond acceptors (Lipinski definition) is 6. The summed E-state index contributed by atoms with van der Waals surface area (Å²) in [7, 11) is 0. The Morgan fingerprint density at radius 2 is 1.68 bits per heavy atom. The first kappa shape index (κ1) is 22.5. The predicted molar refractivity (Wildman–Crippen MR) is 114 cm³/mol. The quantitative estimate of drug-likeness (QED) is 0.540. The van der Waals surface area contributed by atoms with Gasteiger partial charge >= 0.3 is 11.9 Å². The predicted octanol–water partition coefficient (Wildman–Crippen LogP) is 3.74. The molecule has 6 heteroatoms. The Labute approximate surface area is 184 Å². The zero-order chi connectivity index (χ0) is 22.8. The van der Waals surface area contributed by atoms with Crippen LogP contribution in [0.15, 0.2) is 11.6 Å². The Kier molecular flexibility index (Phi) is 5.39. The lowest BCUT2D eigenvalue weighted by Gasteiger charge is -2.58. The molecule has 0 aromatic rings. The zero-order valence-electron chi connectivity index (χ0n) is 19.4. The summed E-state index contributed by atoms with van der Waals surface area (Å²) in [6.45, 7) is 8.60. The monoisotopic (exact) mass is 432 g/mol. The van der Waals surface area contributed by atoms with Crippen molar-refractivity contribution in [2.75, 3.05) is 0 Å². The van der Waals surface area contributed by atoms with Crippen molar-refractivity contribution < 1.29 is 29.0 Å². The third kappa shape index (κ3) is 3.20.